The van der Waals surface area contributed by atoms with Crippen LogP contribution in [-0.4, -0.2) is 23.2 Å². The summed E-state index contributed by atoms with van der Waals surface area (Å²) in [4.78, 5) is 3.22. The zero-order chi connectivity index (χ0) is 22.4. The first-order valence-electron chi connectivity index (χ1n) is 10.0. The summed E-state index contributed by atoms with van der Waals surface area (Å²) in [6, 6.07) is 3.64. The van der Waals surface area contributed by atoms with E-state index in [0.717, 1.165) is 38.2 Å². The minimum Gasteiger partial charge on any atom is -0.387 e. The van der Waals surface area contributed by atoms with Gasteiger partial charge in [0, 0.05) is 11.9 Å². The third-order valence-electron chi connectivity index (χ3n) is 4.87. The number of fused-ring (bicyclic) bond motifs is 1. The number of para-hydroxylation sites is 1. The zero-order valence-corrected chi connectivity index (χ0v) is 16.7. The maximum atomic E-state index is 13.3. The summed E-state index contributed by atoms with van der Waals surface area (Å²) in [6.07, 6.45) is -4.83. The van der Waals surface area contributed by atoms with Gasteiger partial charge in [-0.3, -0.25) is 0 Å². The molecule has 0 fully saturated rings. The van der Waals surface area contributed by atoms with Crippen molar-refractivity contribution in [2.75, 3.05) is 13.1 Å². The lowest BCUT2D eigenvalue weighted by molar-refractivity contribution is -0.142. The number of aliphatic hydroxyl groups is 1. The van der Waals surface area contributed by atoms with Gasteiger partial charge in [-0.05, 0) is 30.7 Å². The fourth-order valence-corrected chi connectivity index (χ4v) is 3.30. The molecule has 2 rings (SSSR count). The first-order valence-corrected chi connectivity index (χ1v) is 10.0. The topological polar surface area (TPSA) is 45.1 Å². The lowest BCUT2D eigenvalue weighted by Crippen LogP contribution is -2.23. The Hall–Kier alpha value is -1.87. The molecule has 1 aromatic carbocycles. The molecule has 9 heteroatoms. The van der Waals surface area contributed by atoms with Gasteiger partial charge in [0.1, 0.15) is 5.69 Å². The molecule has 3 nitrogen and oxygen atoms in total. The Morgan fingerprint density at radius 1 is 0.967 bits per heavy atom. The molecule has 2 N–H and O–H groups in total. The van der Waals surface area contributed by atoms with E-state index in [2.05, 4.69) is 17.2 Å². The molecular weight excluding hydrogens is 410 g/mol. The summed E-state index contributed by atoms with van der Waals surface area (Å²) < 4.78 is 79.5. The molecule has 2 aromatic rings. The van der Waals surface area contributed by atoms with E-state index >= 15 is 0 Å². The molecule has 30 heavy (non-hydrogen) atoms. The van der Waals surface area contributed by atoms with Crippen LogP contribution in [0.2, 0.25) is 0 Å². The Bertz CT molecular complexity index is 819. The molecule has 0 radical (unpaired) electrons. The molecular formula is C21H26F6N2O. The van der Waals surface area contributed by atoms with Crippen molar-refractivity contribution in [2.45, 2.75) is 63.9 Å². The standard InChI is InChI=1S/C21H26F6N2O/c1-2-3-4-5-6-7-11-28-13-17(30)15-12-18(21(25,26)27)29-19-14(15)9-8-10-16(19)20(22,23)24/h8-10,12,17,28,30H,2-7,11,13H2,1H3/t17-/m0/s1. The van der Waals surface area contributed by atoms with E-state index in [-0.39, 0.29) is 17.5 Å². The average molecular weight is 436 g/mol. The van der Waals surface area contributed by atoms with Crippen molar-refractivity contribution in [1.29, 1.82) is 0 Å². The maximum absolute atomic E-state index is 13.3. The van der Waals surface area contributed by atoms with Gasteiger partial charge in [-0.2, -0.15) is 26.3 Å². The second-order valence-corrected chi connectivity index (χ2v) is 7.28. The van der Waals surface area contributed by atoms with Crippen LogP contribution in [0.4, 0.5) is 26.3 Å². The van der Waals surface area contributed by atoms with Crippen LogP contribution in [0.1, 0.15) is 68.4 Å². The van der Waals surface area contributed by atoms with Gasteiger partial charge in [-0.1, -0.05) is 51.2 Å². The number of aliphatic hydroxyl groups excluding tert-OH is 1. The van der Waals surface area contributed by atoms with Crippen LogP contribution in [0.3, 0.4) is 0 Å². The van der Waals surface area contributed by atoms with Crippen molar-refractivity contribution < 1.29 is 31.4 Å². The molecule has 0 saturated heterocycles. The molecule has 1 aromatic heterocycles. The van der Waals surface area contributed by atoms with Crippen LogP contribution in [0, 0.1) is 0 Å². The highest BCUT2D eigenvalue weighted by molar-refractivity contribution is 5.86. The normalized spacial score (nSPS) is 13.7. The van der Waals surface area contributed by atoms with Crippen molar-refractivity contribution in [2.24, 2.45) is 0 Å². The van der Waals surface area contributed by atoms with Gasteiger partial charge in [0.05, 0.1) is 17.2 Å². The first kappa shape index (κ1) is 24.4. The average Bonchev–Trinajstić information content (AvgIpc) is 2.67. The van der Waals surface area contributed by atoms with Gasteiger partial charge in [0.25, 0.3) is 0 Å². The predicted molar refractivity (Wildman–Crippen MR) is 103 cm³/mol. The lowest BCUT2D eigenvalue weighted by Gasteiger charge is -2.19. The second-order valence-electron chi connectivity index (χ2n) is 7.28. The number of benzene rings is 1. The Morgan fingerprint density at radius 3 is 2.27 bits per heavy atom. The van der Waals surface area contributed by atoms with E-state index in [1.807, 2.05) is 0 Å². The molecule has 0 saturated carbocycles. The summed E-state index contributed by atoms with van der Waals surface area (Å²) in [5.74, 6) is 0. The van der Waals surface area contributed by atoms with Crippen LogP contribution in [0.25, 0.3) is 10.9 Å². The number of nitrogens with one attached hydrogen (secondary N) is 1. The monoisotopic (exact) mass is 436 g/mol. The smallest absolute Gasteiger partial charge is 0.387 e. The summed E-state index contributed by atoms with van der Waals surface area (Å²) in [5, 5.41) is 13.3. The molecule has 0 bridgehead atoms. The highest BCUT2D eigenvalue weighted by atomic mass is 19.4. The summed E-state index contributed by atoms with van der Waals surface area (Å²) in [6.45, 7) is 2.61. The Balaban J connectivity index is 2.21. The van der Waals surface area contributed by atoms with E-state index in [4.69, 9.17) is 0 Å². The van der Waals surface area contributed by atoms with E-state index in [9.17, 15) is 31.4 Å². The Kier molecular flexibility index (Phi) is 8.49. The van der Waals surface area contributed by atoms with Crippen molar-refractivity contribution in [1.82, 2.24) is 10.3 Å². The molecule has 0 amide bonds. The van der Waals surface area contributed by atoms with Crippen LogP contribution in [-0.2, 0) is 12.4 Å². The minimum absolute atomic E-state index is 0.0678. The number of pyridine rings is 1. The second kappa shape index (κ2) is 10.4. The van der Waals surface area contributed by atoms with Crippen LogP contribution >= 0.6 is 0 Å². The minimum atomic E-state index is -4.94. The number of alkyl halides is 6. The van der Waals surface area contributed by atoms with Gasteiger partial charge < -0.3 is 10.4 Å². The van der Waals surface area contributed by atoms with Crippen LogP contribution in [0.5, 0.6) is 0 Å². The highest BCUT2D eigenvalue weighted by Crippen LogP contribution is 2.38. The number of halogens is 6. The summed E-state index contributed by atoms with van der Waals surface area (Å²) in [5.41, 5.74) is -3.77. The molecule has 0 aliphatic carbocycles. The van der Waals surface area contributed by atoms with E-state index in [0.29, 0.717) is 18.7 Å². The van der Waals surface area contributed by atoms with Gasteiger partial charge in [-0.25, -0.2) is 4.98 Å². The number of nitrogens with zero attached hydrogens (tertiary/aromatic N) is 1. The van der Waals surface area contributed by atoms with Crippen molar-refractivity contribution >= 4 is 10.9 Å². The predicted octanol–water partition coefficient (Wildman–Crippen LogP) is 6.26. The molecule has 1 atom stereocenters. The Labute approximate surface area is 171 Å². The number of unbranched alkanes of at least 4 members (excludes halogenated alkanes) is 5. The number of rotatable bonds is 10. The zero-order valence-electron chi connectivity index (χ0n) is 16.7. The highest BCUT2D eigenvalue weighted by Gasteiger charge is 2.37. The molecule has 0 aliphatic heterocycles. The van der Waals surface area contributed by atoms with Crippen molar-refractivity contribution in [3.05, 3.63) is 41.1 Å². The molecule has 168 valence electrons. The lowest BCUT2D eigenvalue weighted by atomic mass is 9.99. The van der Waals surface area contributed by atoms with E-state index < -0.39 is 35.2 Å². The molecule has 1 heterocycles. The van der Waals surface area contributed by atoms with Crippen LogP contribution in [0.15, 0.2) is 24.3 Å². The van der Waals surface area contributed by atoms with Gasteiger partial charge in [0.15, 0.2) is 0 Å². The first-order chi connectivity index (χ1) is 14.1. The van der Waals surface area contributed by atoms with Gasteiger partial charge >= 0.3 is 12.4 Å². The fourth-order valence-electron chi connectivity index (χ4n) is 3.30. The summed E-state index contributed by atoms with van der Waals surface area (Å²) >= 11 is 0. The number of hydrogen-bond donors (Lipinski definition) is 2. The number of aromatic nitrogens is 1. The van der Waals surface area contributed by atoms with E-state index in [1.54, 1.807) is 0 Å². The SMILES string of the molecule is CCCCCCCCNC[C@H](O)c1cc(C(F)(F)F)nc2c(C(F)(F)F)cccc12. The maximum Gasteiger partial charge on any atom is 0.433 e. The molecule has 0 spiro atoms. The third kappa shape index (κ3) is 6.57. The summed E-state index contributed by atoms with van der Waals surface area (Å²) in [7, 11) is 0. The van der Waals surface area contributed by atoms with Crippen LogP contribution < -0.4 is 5.32 Å². The van der Waals surface area contributed by atoms with Gasteiger partial charge in [-0.15, -0.1) is 0 Å². The fraction of sp³-hybridized carbons (Fsp3) is 0.571. The quantitative estimate of drug-likeness (QED) is 0.342. The number of hydrogen-bond acceptors (Lipinski definition) is 3. The van der Waals surface area contributed by atoms with E-state index in [1.165, 1.54) is 12.5 Å². The van der Waals surface area contributed by atoms with Crippen molar-refractivity contribution in [3.63, 3.8) is 0 Å². The van der Waals surface area contributed by atoms with Gasteiger partial charge in [0.2, 0.25) is 0 Å². The largest absolute Gasteiger partial charge is 0.433 e. The molecule has 0 aliphatic rings. The Morgan fingerprint density at radius 2 is 1.63 bits per heavy atom. The third-order valence-corrected chi connectivity index (χ3v) is 4.87. The van der Waals surface area contributed by atoms with Crippen molar-refractivity contribution in [3.8, 4) is 0 Å². The molecule has 0 unspecified atom stereocenters.